The molecular formula is C12H23NOS. The molecule has 0 aromatic heterocycles. The first-order chi connectivity index (χ1) is 6.83. The van der Waals surface area contributed by atoms with Crippen molar-refractivity contribution in [1.29, 1.82) is 0 Å². The van der Waals surface area contributed by atoms with Gasteiger partial charge in [-0.1, -0.05) is 19.2 Å². The van der Waals surface area contributed by atoms with Crippen LogP contribution in [0.25, 0.3) is 0 Å². The van der Waals surface area contributed by atoms with E-state index in [2.05, 4.69) is 37.3 Å². The Balaban J connectivity index is 2.80. The molecule has 0 aliphatic carbocycles. The van der Waals surface area contributed by atoms with Gasteiger partial charge >= 0.3 is 0 Å². The van der Waals surface area contributed by atoms with Crippen molar-refractivity contribution in [1.82, 2.24) is 4.90 Å². The number of nitrogens with zero attached hydrogens (tertiary/aromatic N) is 1. The summed E-state index contributed by atoms with van der Waals surface area (Å²) in [5.74, 6) is 5.12. The third-order valence-electron chi connectivity index (χ3n) is 2.95. The fraction of sp³-hybridized carbons (Fsp3) is 0.750. The summed E-state index contributed by atoms with van der Waals surface area (Å²) in [6.45, 7) is 4.16. The lowest BCUT2D eigenvalue weighted by molar-refractivity contribution is -0.116. The Hall–Kier alpha value is -0.280. The average molecular weight is 229 g/mol. The minimum atomic E-state index is -1.05. The number of likely N-dealkylation sites (tertiary alicyclic amines) is 1. The number of hydrogen-bond acceptors (Lipinski definition) is 2. The van der Waals surface area contributed by atoms with Crippen LogP contribution in [0.2, 0.25) is 0 Å². The van der Waals surface area contributed by atoms with Gasteiger partial charge in [-0.25, -0.2) is 9.21 Å². The predicted molar refractivity (Wildman–Crippen MR) is 72.4 cm³/mol. The van der Waals surface area contributed by atoms with Gasteiger partial charge in [-0.15, -0.1) is 0 Å². The van der Waals surface area contributed by atoms with Crippen LogP contribution in [0.15, 0.2) is 0 Å². The first kappa shape index (κ1) is 12.8. The molecule has 0 aromatic rings. The number of Topliss-reactive ketones (excluding diaryl/α,β-unsaturated/α-hetero) is 1. The van der Waals surface area contributed by atoms with Crippen molar-refractivity contribution in [3.05, 3.63) is 0 Å². The molecule has 0 bridgehead atoms. The summed E-state index contributed by atoms with van der Waals surface area (Å²) in [5, 5.41) is 1.87. The first-order valence-electron chi connectivity index (χ1n) is 5.47. The summed E-state index contributed by atoms with van der Waals surface area (Å²) in [6.07, 6.45) is 5.22. The number of carbonyl (C=O) groups excluding carboxylic acids is 1. The molecule has 2 atom stereocenters. The van der Waals surface area contributed by atoms with Crippen molar-refractivity contribution in [3.8, 4) is 0 Å². The maximum atomic E-state index is 12.1. The lowest BCUT2D eigenvalue weighted by Crippen LogP contribution is -2.23. The molecule has 1 heterocycles. The summed E-state index contributed by atoms with van der Waals surface area (Å²) in [5.41, 5.74) is 0. The van der Waals surface area contributed by atoms with Gasteiger partial charge in [0.25, 0.3) is 0 Å². The minimum Gasteiger partial charge on any atom is -0.305 e. The molecule has 0 radical (unpaired) electrons. The smallest absolute Gasteiger partial charge is 0.165 e. The largest absolute Gasteiger partial charge is 0.305 e. The molecule has 0 saturated carbocycles. The van der Waals surface area contributed by atoms with E-state index in [0.29, 0.717) is 11.7 Å². The topological polar surface area (TPSA) is 20.3 Å². The highest BCUT2D eigenvalue weighted by Crippen LogP contribution is 2.26. The van der Waals surface area contributed by atoms with Gasteiger partial charge in [-0.3, -0.25) is 4.79 Å². The van der Waals surface area contributed by atoms with Gasteiger partial charge in [-0.2, -0.15) is 0 Å². The summed E-state index contributed by atoms with van der Waals surface area (Å²) in [7, 11) is 1.04. The summed E-state index contributed by atoms with van der Waals surface area (Å²) in [4.78, 5) is 14.3. The minimum absolute atomic E-state index is 0.216. The second-order valence-corrected chi connectivity index (χ2v) is 8.62. The van der Waals surface area contributed by atoms with Crippen LogP contribution in [0.4, 0.5) is 0 Å². The molecule has 1 rings (SSSR count). The van der Waals surface area contributed by atoms with E-state index in [1.807, 2.05) is 5.37 Å². The van der Waals surface area contributed by atoms with E-state index in [0.717, 1.165) is 19.5 Å². The second kappa shape index (κ2) is 4.71. The molecule has 2 nitrogen and oxygen atoms in total. The third-order valence-corrected chi connectivity index (χ3v) is 3.82. The Morgan fingerprint density at radius 2 is 2.13 bits per heavy atom. The average Bonchev–Trinajstić information content (AvgIpc) is 2.43. The quantitative estimate of drug-likeness (QED) is 0.683. The second-order valence-electron chi connectivity index (χ2n) is 5.14. The van der Waals surface area contributed by atoms with Crippen LogP contribution in [-0.4, -0.2) is 54.6 Å². The molecule has 0 unspecified atom stereocenters. The highest BCUT2D eigenvalue weighted by Gasteiger charge is 2.33. The summed E-state index contributed by atoms with van der Waals surface area (Å²) < 4.78 is 0. The van der Waals surface area contributed by atoms with Crippen molar-refractivity contribution in [2.75, 3.05) is 32.6 Å². The van der Waals surface area contributed by atoms with Gasteiger partial charge < -0.3 is 4.90 Å². The van der Waals surface area contributed by atoms with Gasteiger partial charge in [0.2, 0.25) is 0 Å². The Morgan fingerprint density at radius 1 is 1.53 bits per heavy atom. The van der Waals surface area contributed by atoms with Crippen LogP contribution in [0.1, 0.15) is 13.3 Å². The molecule has 1 aliphatic heterocycles. The monoisotopic (exact) mass is 229 g/mol. The van der Waals surface area contributed by atoms with Crippen molar-refractivity contribution in [3.63, 3.8) is 0 Å². The Kier molecular flexibility index (Phi) is 4.01. The molecule has 88 valence electrons. The molecule has 0 amide bonds. The van der Waals surface area contributed by atoms with Crippen LogP contribution in [-0.2, 0) is 4.79 Å². The molecule has 3 heteroatoms. The number of hydrogen-bond donors (Lipinski definition) is 0. The fourth-order valence-corrected chi connectivity index (χ4v) is 3.03. The van der Waals surface area contributed by atoms with E-state index in [1.54, 1.807) is 0 Å². The molecule has 0 aromatic carbocycles. The maximum Gasteiger partial charge on any atom is 0.165 e. The van der Waals surface area contributed by atoms with E-state index < -0.39 is 9.21 Å². The van der Waals surface area contributed by atoms with Gasteiger partial charge in [0.05, 0.1) is 0 Å². The van der Waals surface area contributed by atoms with E-state index in [9.17, 15) is 4.79 Å². The molecule has 15 heavy (non-hydrogen) atoms. The highest BCUT2D eigenvalue weighted by molar-refractivity contribution is 8.28. The van der Waals surface area contributed by atoms with Crippen molar-refractivity contribution < 1.29 is 4.79 Å². The fourth-order valence-electron chi connectivity index (χ4n) is 2.22. The number of carbonyl (C=O) groups is 1. The van der Waals surface area contributed by atoms with E-state index in [1.165, 1.54) is 0 Å². The van der Waals surface area contributed by atoms with Crippen LogP contribution < -0.4 is 0 Å². The normalized spacial score (nSPS) is 28.0. The van der Waals surface area contributed by atoms with Gasteiger partial charge in [0.1, 0.15) is 0 Å². The highest BCUT2D eigenvalue weighted by atomic mass is 32.2. The van der Waals surface area contributed by atoms with Crippen LogP contribution >= 0.6 is 9.21 Å². The molecule has 1 aliphatic rings. The Bertz CT molecular complexity index is 345. The van der Waals surface area contributed by atoms with E-state index in [-0.39, 0.29) is 5.92 Å². The standard InChI is InChI=1S/C12H23NOS/c1-6-10-7-13(2)8-11(10)12(14)9-15(3,4)5/h9-11H,3,6-8H2,1-2,4-5H3/t10-,11+/m1/s1. The Labute approximate surface area is 94.1 Å². The molecular weight excluding hydrogens is 206 g/mol. The maximum absolute atomic E-state index is 12.1. The van der Waals surface area contributed by atoms with Crippen molar-refractivity contribution in [2.24, 2.45) is 11.8 Å². The predicted octanol–water partition coefficient (Wildman–Crippen LogP) is 1.44. The van der Waals surface area contributed by atoms with Gasteiger partial charge in [0.15, 0.2) is 5.78 Å². The molecule has 1 saturated heterocycles. The molecule has 0 N–H and O–H groups in total. The van der Waals surface area contributed by atoms with E-state index in [4.69, 9.17) is 0 Å². The zero-order valence-electron chi connectivity index (χ0n) is 10.3. The number of ketones is 1. The molecule has 0 spiro atoms. The lowest BCUT2D eigenvalue weighted by Gasteiger charge is -2.14. The van der Waals surface area contributed by atoms with Crippen LogP contribution in [0, 0.1) is 11.8 Å². The van der Waals surface area contributed by atoms with Crippen molar-refractivity contribution >= 4 is 26.2 Å². The zero-order chi connectivity index (χ0) is 11.6. The first-order valence-corrected chi connectivity index (χ1v) is 8.15. The van der Waals surface area contributed by atoms with Crippen LogP contribution in [0.3, 0.4) is 0 Å². The Morgan fingerprint density at radius 3 is 2.60 bits per heavy atom. The number of rotatable bonds is 3. The van der Waals surface area contributed by atoms with E-state index >= 15 is 0 Å². The third kappa shape index (κ3) is 3.65. The molecule has 1 fully saturated rings. The SMILES string of the molecule is C=S(C)(C)=CC(=O)[C@H]1CN(C)C[C@H]1CC. The zero-order valence-corrected chi connectivity index (χ0v) is 11.1. The summed E-state index contributed by atoms with van der Waals surface area (Å²) >= 11 is 0. The van der Waals surface area contributed by atoms with Crippen molar-refractivity contribution in [2.45, 2.75) is 13.3 Å². The summed E-state index contributed by atoms with van der Waals surface area (Å²) in [6, 6.07) is 0. The van der Waals surface area contributed by atoms with Gasteiger partial charge in [-0.05, 0) is 30.8 Å². The van der Waals surface area contributed by atoms with Gasteiger partial charge in [0, 0.05) is 19.0 Å². The lowest BCUT2D eigenvalue weighted by atomic mass is 9.91. The van der Waals surface area contributed by atoms with Crippen LogP contribution in [0.5, 0.6) is 0 Å².